The van der Waals surface area contributed by atoms with Crippen molar-refractivity contribution in [1.29, 1.82) is 0 Å². The number of carbonyl (C=O) groups is 1. The van der Waals surface area contributed by atoms with Crippen molar-refractivity contribution in [1.82, 2.24) is 10.3 Å². The predicted molar refractivity (Wildman–Crippen MR) is 107 cm³/mol. The molecule has 1 aliphatic heterocycles. The van der Waals surface area contributed by atoms with Crippen LogP contribution in [-0.2, 0) is 0 Å². The number of carbonyl (C=O) groups excluding carboxylic acids is 1. The fraction of sp³-hybridized carbons (Fsp3) is 0.429. The molecule has 26 heavy (non-hydrogen) atoms. The molecule has 1 aromatic heterocycles. The van der Waals surface area contributed by atoms with E-state index in [1.807, 2.05) is 13.0 Å². The normalized spacial score (nSPS) is 14.9. The molecular formula is C21H28N4O. The monoisotopic (exact) mass is 352 g/mol. The first-order chi connectivity index (χ1) is 12.7. The fourth-order valence-corrected chi connectivity index (χ4v) is 3.12. The Morgan fingerprint density at radius 1 is 1.12 bits per heavy atom. The van der Waals surface area contributed by atoms with Crippen LogP contribution in [0.5, 0.6) is 0 Å². The zero-order chi connectivity index (χ0) is 18.4. The number of rotatable bonds is 6. The Balaban J connectivity index is 1.58. The molecule has 1 fully saturated rings. The van der Waals surface area contributed by atoms with Crippen LogP contribution in [0.1, 0.15) is 43.6 Å². The van der Waals surface area contributed by atoms with Gasteiger partial charge in [-0.05, 0) is 61.6 Å². The van der Waals surface area contributed by atoms with Gasteiger partial charge in [0.1, 0.15) is 5.69 Å². The van der Waals surface area contributed by atoms with Crippen molar-refractivity contribution in [2.75, 3.05) is 29.9 Å². The van der Waals surface area contributed by atoms with Gasteiger partial charge in [0.25, 0.3) is 5.91 Å². The van der Waals surface area contributed by atoms with Crippen LogP contribution in [0.2, 0.25) is 0 Å². The molecule has 1 aliphatic rings. The van der Waals surface area contributed by atoms with Crippen molar-refractivity contribution in [2.45, 2.75) is 33.1 Å². The predicted octanol–water partition coefficient (Wildman–Crippen LogP) is 4.20. The third-order valence-electron chi connectivity index (χ3n) is 4.84. The second kappa shape index (κ2) is 8.70. The first kappa shape index (κ1) is 18.2. The first-order valence-electron chi connectivity index (χ1n) is 9.52. The number of piperidine rings is 1. The van der Waals surface area contributed by atoms with E-state index in [1.165, 1.54) is 18.5 Å². The molecule has 1 aromatic carbocycles. The third-order valence-corrected chi connectivity index (χ3v) is 4.84. The molecule has 0 unspecified atom stereocenters. The molecule has 2 aromatic rings. The molecule has 1 saturated heterocycles. The molecule has 1 amide bonds. The Labute approximate surface area is 155 Å². The van der Waals surface area contributed by atoms with Crippen molar-refractivity contribution in [2.24, 2.45) is 5.92 Å². The van der Waals surface area contributed by atoms with Gasteiger partial charge in [0.15, 0.2) is 0 Å². The molecule has 0 radical (unpaired) electrons. The molecular weight excluding hydrogens is 324 g/mol. The number of amides is 1. The number of aromatic nitrogens is 1. The summed E-state index contributed by atoms with van der Waals surface area (Å²) in [7, 11) is 0. The summed E-state index contributed by atoms with van der Waals surface area (Å²) in [6.45, 7) is 7.30. The van der Waals surface area contributed by atoms with E-state index < -0.39 is 0 Å². The van der Waals surface area contributed by atoms with E-state index in [9.17, 15) is 4.79 Å². The lowest BCUT2D eigenvalue weighted by molar-refractivity contribution is 0.0949. The van der Waals surface area contributed by atoms with E-state index >= 15 is 0 Å². The standard InChI is InChI=1S/C21H28N4O/c1-3-12-22-21(26)20-9-6-18(15-23-20)24-17-4-7-19(8-5-17)25-13-10-16(2)11-14-25/h4-9,15-16,24H,3,10-14H2,1-2H3,(H,22,26). The fourth-order valence-electron chi connectivity index (χ4n) is 3.12. The van der Waals surface area contributed by atoms with Gasteiger partial charge in [0, 0.05) is 31.0 Å². The third kappa shape index (κ3) is 4.75. The average molecular weight is 352 g/mol. The molecule has 5 nitrogen and oxygen atoms in total. The van der Waals surface area contributed by atoms with Gasteiger partial charge in [-0.15, -0.1) is 0 Å². The largest absolute Gasteiger partial charge is 0.372 e. The summed E-state index contributed by atoms with van der Waals surface area (Å²) >= 11 is 0. The summed E-state index contributed by atoms with van der Waals surface area (Å²) in [6.07, 6.45) is 5.15. The summed E-state index contributed by atoms with van der Waals surface area (Å²) in [5, 5.41) is 6.17. The highest BCUT2D eigenvalue weighted by molar-refractivity contribution is 5.92. The molecule has 2 N–H and O–H groups in total. The minimum absolute atomic E-state index is 0.126. The van der Waals surface area contributed by atoms with Crippen LogP contribution in [0.3, 0.4) is 0 Å². The van der Waals surface area contributed by atoms with Crippen molar-refractivity contribution in [3.8, 4) is 0 Å². The van der Waals surface area contributed by atoms with E-state index in [0.29, 0.717) is 12.2 Å². The summed E-state index contributed by atoms with van der Waals surface area (Å²) in [5.74, 6) is 0.713. The second-order valence-electron chi connectivity index (χ2n) is 7.03. The molecule has 138 valence electrons. The summed E-state index contributed by atoms with van der Waals surface area (Å²) < 4.78 is 0. The Kier molecular flexibility index (Phi) is 6.10. The topological polar surface area (TPSA) is 57.3 Å². The Bertz CT molecular complexity index is 704. The Morgan fingerprint density at radius 3 is 2.42 bits per heavy atom. The zero-order valence-electron chi connectivity index (χ0n) is 15.7. The minimum Gasteiger partial charge on any atom is -0.372 e. The summed E-state index contributed by atoms with van der Waals surface area (Å²) in [4.78, 5) is 18.6. The highest BCUT2D eigenvalue weighted by Crippen LogP contribution is 2.25. The Hall–Kier alpha value is -2.56. The van der Waals surface area contributed by atoms with Crippen LogP contribution in [0, 0.1) is 5.92 Å². The van der Waals surface area contributed by atoms with Gasteiger partial charge in [0.2, 0.25) is 0 Å². The molecule has 0 atom stereocenters. The van der Waals surface area contributed by atoms with Gasteiger partial charge in [0.05, 0.1) is 11.9 Å². The molecule has 0 bridgehead atoms. The number of anilines is 3. The maximum Gasteiger partial charge on any atom is 0.269 e. The lowest BCUT2D eigenvalue weighted by Crippen LogP contribution is -2.32. The van der Waals surface area contributed by atoms with E-state index in [0.717, 1.165) is 36.8 Å². The van der Waals surface area contributed by atoms with Crippen molar-refractivity contribution in [3.05, 3.63) is 48.3 Å². The molecule has 5 heteroatoms. The average Bonchev–Trinajstić information content (AvgIpc) is 2.68. The van der Waals surface area contributed by atoms with Crippen LogP contribution >= 0.6 is 0 Å². The number of benzene rings is 1. The van der Waals surface area contributed by atoms with Gasteiger partial charge in [-0.1, -0.05) is 13.8 Å². The van der Waals surface area contributed by atoms with E-state index in [4.69, 9.17) is 0 Å². The first-order valence-corrected chi connectivity index (χ1v) is 9.52. The van der Waals surface area contributed by atoms with Crippen LogP contribution in [0.15, 0.2) is 42.6 Å². The van der Waals surface area contributed by atoms with Crippen LogP contribution in [0.25, 0.3) is 0 Å². The lowest BCUT2D eigenvalue weighted by atomic mass is 9.99. The molecule has 0 spiro atoms. The highest BCUT2D eigenvalue weighted by atomic mass is 16.1. The summed E-state index contributed by atoms with van der Waals surface area (Å²) in [6, 6.07) is 12.1. The molecule has 0 aliphatic carbocycles. The van der Waals surface area contributed by atoms with Crippen LogP contribution in [0.4, 0.5) is 17.1 Å². The van der Waals surface area contributed by atoms with E-state index in [-0.39, 0.29) is 5.91 Å². The second-order valence-corrected chi connectivity index (χ2v) is 7.03. The van der Waals surface area contributed by atoms with Crippen LogP contribution < -0.4 is 15.5 Å². The lowest BCUT2D eigenvalue weighted by Gasteiger charge is -2.32. The quantitative estimate of drug-likeness (QED) is 0.818. The van der Waals surface area contributed by atoms with Crippen molar-refractivity contribution >= 4 is 23.0 Å². The van der Waals surface area contributed by atoms with Crippen LogP contribution in [-0.4, -0.2) is 30.5 Å². The number of hydrogen-bond acceptors (Lipinski definition) is 4. The van der Waals surface area contributed by atoms with Gasteiger partial charge >= 0.3 is 0 Å². The minimum atomic E-state index is -0.126. The van der Waals surface area contributed by atoms with Crippen molar-refractivity contribution < 1.29 is 4.79 Å². The smallest absolute Gasteiger partial charge is 0.269 e. The number of hydrogen-bond donors (Lipinski definition) is 2. The molecule has 0 saturated carbocycles. The zero-order valence-corrected chi connectivity index (χ0v) is 15.7. The Morgan fingerprint density at radius 2 is 1.81 bits per heavy atom. The van der Waals surface area contributed by atoms with Gasteiger partial charge in [-0.25, -0.2) is 4.98 Å². The van der Waals surface area contributed by atoms with Gasteiger partial charge in [-0.3, -0.25) is 4.79 Å². The summed E-state index contributed by atoms with van der Waals surface area (Å²) in [5.41, 5.74) is 3.61. The number of pyridine rings is 1. The molecule has 3 rings (SSSR count). The van der Waals surface area contributed by atoms with E-state index in [2.05, 4.69) is 51.7 Å². The van der Waals surface area contributed by atoms with E-state index in [1.54, 1.807) is 12.3 Å². The maximum atomic E-state index is 11.9. The van der Waals surface area contributed by atoms with Gasteiger partial charge < -0.3 is 15.5 Å². The van der Waals surface area contributed by atoms with Crippen molar-refractivity contribution in [3.63, 3.8) is 0 Å². The number of nitrogens with zero attached hydrogens (tertiary/aromatic N) is 2. The highest BCUT2D eigenvalue weighted by Gasteiger charge is 2.15. The molecule has 2 heterocycles. The maximum absolute atomic E-state index is 11.9. The SMILES string of the molecule is CCCNC(=O)c1ccc(Nc2ccc(N3CCC(C)CC3)cc2)cn1. The number of nitrogens with one attached hydrogen (secondary N) is 2. The van der Waals surface area contributed by atoms with Gasteiger partial charge in [-0.2, -0.15) is 0 Å².